The first-order valence-electron chi connectivity index (χ1n) is 10.4. The lowest BCUT2D eigenvalue weighted by Crippen LogP contribution is -2.36. The van der Waals surface area contributed by atoms with Crippen molar-refractivity contribution < 1.29 is 26.4 Å². The van der Waals surface area contributed by atoms with Gasteiger partial charge in [0.25, 0.3) is 0 Å². The molecule has 1 fully saturated rings. The number of nitrogens with zero attached hydrogens (tertiary/aromatic N) is 1. The average molecular weight is 470 g/mol. The predicted octanol–water partition coefficient (Wildman–Crippen LogP) is 3.29. The van der Waals surface area contributed by atoms with Gasteiger partial charge in [-0.25, -0.2) is 13.1 Å². The fraction of sp³-hybridized carbons (Fsp3) is 0.409. The van der Waals surface area contributed by atoms with E-state index < -0.39 is 39.1 Å². The van der Waals surface area contributed by atoms with Crippen LogP contribution in [0.25, 0.3) is 0 Å². The molecule has 0 unspecified atom stereocenters. The fourth-order valence-electron chi connectivity index (χ4n) is 3.48. The van der Waals surface area contributed by atoms with Crippen LogP contribution in [0.2, 0.25) is 0 Å². The molecule has 2 N–H and O–H groups in total. The summed E-state index contributed by atoms with van der Waals surface area (Å²) in [5.74, 6) is -0.585. The first-order valence-corrected chi connectivity index (χ1v) is 11.9. The number of piperidine rings is 1. The first kappa shape index (κ1) is 24.2. The number of rotatable bonds is 8. The fourth-order valence-corrected chi connectivity index (χ4v) is 4.51. The number of carbonyl (C=O) groups excluding carboxylic acids is 1. The number of amides is 1. The van der Waals surface area contributed by atoms with Crippen LogP contribution < -0.4 is 10.0 Å². The highest BCUT2D eigenvalue weighted by Crippen LogP contribution is 2.30. The van der Waals surface area contributed by atoms with E-state index >= 15 is 0 Å². The Bertz CT molecular complexity index is 1020. The number of hydrogen-bond donors (Lipinski definition) is 2. The molecule has 0 spiro atoms. The molecule has 0 bridgehead atoms. The van der Waals surface area contributed by atoms with Crippen molar-refractivity contribution in [2.45, 2.75) is 43.4 Å². The van der Waals surface area contributed by atoms with Crippen LogP contribution >= 0.6 is 0 Å². The van der Waals surface area contributed by atoms with Gasteiger partial charge in [-0.3, -0.25) is 9.69 Å². The number of likely N-dealkylation sites (tertiary alicyclic amines) is 1. The van der Waals surface area contributed by atoms with Gasteiger partial charge < -0.3 is 5.32 Å². The lowest BCUT2D eigenvalue weighted by atomic mass is 10.1. The van der Waals surface area contributed by atoms with Gasteiger partial charge in [-0.05, 0) is 55.3 Å². The summed E-state index contributed by atoms with van der Waals surface area (Å²) in [6.45, 7) is 2.74. The van der Waals surface area contributed by atoms with Gasteiger partial charge in [-0.1, -0.05) is 36.8 Å². The Labute approximate surface area is 185 Å². The van der Waals surface area contributed by atoms with E-state index in [0.29, 0.717) is 6.07 Å². The smallest absolute Gasteiger partial charge is 0.351 e. The Hall–Kier alpha value is -2.43. The second kappa shape index (κ2) is 10.5. The standard InChI is InChI=1S/C22H26F3N3O3S/c23-22(24,25)19-5-4-6-20(13-19)32(30,31)27-15-21(29)26-14-17-7-9-18(10-8-17)16-28-11-2-1-3-12-28/h4-10,13,27H,1-3,11-12,14-16H2,(H,26,29). The normalized spacial score (nSPS) is 15.5. The molecule has 1 amide bonds. The first-order chi connectivity index (χ1) is 15.1. The third-order valence-corrected chi connectivity index (χ3v) is 6.66. The van der Waals surface area contributed by atoms with Crippen molar-refractivity contribution in [1.29, 1.82) is 0 Å². The average Bonchev–Trinajstić information content (AvgIpc) is 2.77. The van der Waals surface area contributed by atoms with Crippen molar-refractivity contribution >= 4 is 15.9 Å². The zero-order chi connectivity index (χ0) is 23.2. The Morgan fingerprint density at radius 3 is 2.28 bits per heavy atom. The van der Waals surface area contributed by atoms with E-state index in [1.807, 2.05) is 29.0 Å². The molecule has 1 aliphatic rings. The van der Waals surface area contributed by atoms with E-state index in [1.54, 1.807) is 0 Å². The van der Waals surface area contributed by atoms with Gasteiger partial charge in [-0.2, -0.15) is 13.2 Å². The lowest BCUT2D eigenvalue weighted by Gasteiger charge is -2.26. The second-order valence-electron chi connectivity index (χ2n) is 7.78. The van der Waals surface area contributed by atoms with Crippen LogP contribution in [0.4, 0.5) is 13.2 Å². The number of hydrogen-bond acceptors (Lipinski definition) is 4. The molecule has 0 atom stereocenters. The molecule has 0 aliphatic carbocycles. The van der Waals surface area contributed by atoms with Gasteiger partial charge in [-0.15, -0.1) is 0 Å². The maximum Gasteiger partial charge on any atom is 0.416 e. The Morgan fingerprint density at radius 1 is 0.969 bits per heavy atom. The van der Waals surface area contributed by atoms with Gasteiger partial charge >= 0.3 is 6.18 Å². The maximum atomic E-state index is 12.8. The van der Waals surface area contributed by atoms with Gasteiger partial charge in [0.2, 0.25) is 15.9 Å². The van der Waals surface area contributed by atoms with E-state index in [4.69, 9.17) is 0 Å². The second-order valence-corrected chi connectivity index (χ2v) is 9.55. The predicted molar refractivity (Wildman–Crippen MR) is 114 cm³/mol. The molecule has 0 aromatic heterocycles. The van der Waals surface area contributed by atoms with Crippen molar-refractivity contribution in [3.05, 3.63) is 65.2 Å². The van der Waals surface area contributed by atoms with Crippen molar-refractivity contribution in [1.82, 2.24) is 14.9 Å². The number of benzene rings is 2. The van der Waals surface area contributed by atoms with Crippen LogP contribution in [0.1, 0.15) is 36.0 Å². The van der Waals surface area contributed by atoms with E-state index in [-0.39, 0.29) is 6.54 Å². The summed E-state index contributed by atoms with van der Waals surface area (Å²) in [6.07, 6.45) is -0.930. The minimum atomic E-state index is -4.66. The summed E-state index contributed by atoms with van der Waals surface area (Å²) in [5, 5.41) is 2.60. The third kappa shape index (κ3) is 7.04. The van der Waals surface area contributed by atoms with Crippen LogP contribution in [0.5, 0.6) is 0 Å². The molecule has 32 heavy (non-hydrogen) atoms. The van der Waals surface area contributed by atoms with Crippen LogP contribution in [-0.4, -0.2) is 38.9 Å². The minimum absolute atomic E-state index is 0.216. The van der Waals surface area contributed by atoms with Crippen LogP contribution in [0.3, 0.4) is 0 Å². The van der Waals surface area contributed by atoms with Crippen LogP contribution in [0, 0.1) is 0 Å². The summed E-state index contributed by atoms with van der Waals surface area (Å²) in [7, 11) is -4.26. The minimum Gasteiger partial charge on any atom is -0.351 e. The number of carbonyl (C=O) groups is 1. The summed E-state index contributed by atoms with van der Waals surface area (Å²) in [5.41, 5.74) is 0.978. The molecule has 174 valence electrons. The SMILES string of the molecule is O=C(CNS(=O)(=O)c1cccc(C(F)(F)F)c1)NCc1ccc(CN2CCCCC2)cc1. The maximum absolute atomic E-state index is 12.8. The number of alkyl halides is 3. The van der Waals surface area contributed by atoms with Crippen molar-refractivity contribution in [3.63, 3.8) is 0 Å². The highest BCUT2D eigenvalue weighted by atomic mass is 32.2. The largest absolute Gasteiger partial charge is 0.416 e. The quantitative estimate of drug-likeness (QED) is 0.622. The van der Waals surface area contributed by atoms with Gasteiger partial charge in [0.05, 0.1) is 17.0 Å². The molecular formula is C22H26F3N3O3S. The number of nitrogens with one attached hydrogen (secondary N) is 2. The van der Waals surface area contributed by atoms with E-state index in [0.717, 1.165) is 43.4 Å². The van der Waals surface area contributed by atoms with Crippen LogP contribution in [-0.2, 0) is 34.1 Å². The molecule has 10 heteroatoms. The molecule has 1 saturated heterocycles. The summed E-state index contributed by atoms with van der Waals surface area (Å²) < 4.78 is 64.9. The Kier molecular flexibility index (Phi) is 7.91. The topological polar surface area (TPSA) is 78.5 Å². The van der Waals surface area contributed by atoms with Gasteiger partial charge in [0, 0.05) is 13.1 Å². The number of sulfonamides is 1. The highest BCUT2D eigenvalue weighted by molar-refractivity contribution is 7.89. The number of halogens is 3. The van der Waals surface area contributed by atoms with E-state index in [9.17, 15) is 26.4 Å². The zero-order valence-corrected chi connectivity index (χ0v) is 18.3. The summed E-state index contributed by atoms with van der Waals surface area (Å²) in [6, 6.07) is 11.2. The monoisotopic (exact) mass is 469 g/mol. The zero-order valence-electron chi connectivity index (χ0n) is 17.5. The van der Waals surface area contributed by atoms with E-state index in [1.165, 1.54) is 24.8 Å². The molecule has 6 nitrogen and oxygen atoms in total. The molecule has 2 aromatic carbocycles. The molecule has 1 heterocycles. The Morgan fingerprint density at radius 2 is 1.62 bits per heavy atom. The van der Waals surface area contributed by atoms with E-state index in [2.05, 4.69) is 10.2 Å². The molecular weight excluding hydrogens is 443 g/mol. The van der Waals surface area contributed by atoms with Crippen LogP contribution in [0.15, 0.2) is 53.4 Å². The van der Waals surface area contributed by atoms with Gasteiger partial charge in [0.15, 0.2) is 0 Å². The third-order valence-electron chi connectivity index (χ3n) is 5.26. The summed E-state index contributed by atoms with van der Waals surface area (Å²) >= 11 is 0. The highest BCUT2D eigenvalue weighted by Gasteiger charge is 2.31. The van der Waals surface area contributed by atoms with Crippen molar-refractivity contribution in [2.75, 3.05) is 19.6 Å². The van der Waals surface area contributed by atoms with Crippen molar-refractivity contribution in [3.8, 4) is 0 Å². The molecule has 0 radical (unpaired) electrons. The molecule has 1 aliphatic heterocycles. The molecule has 0 saturated carbocycles. The molecule has 2 aromatic rings. The lowest BCUT2D eigenvalue weighted by molar-refractivity contribution is -0.137. The van der Waals surface area contributed by atoms with Crippen molar-refractivity contribution in [2.24, 2.45) is 0 Å². The Balaban J connectivity index is 1.47. The summed E-state index contributed by atoms with van der Waals surface area (Å²) in [4.78, 5) is 13.9. The molecule has 3 rings (SSSR count). The van der Waals surface area contributed by atoms with Gasteiger partial charge in [0.1, 0.15) is 0 Å².